The molecule has 2 aliphatic rings. The van der Waals surface area contributed by atoms with E-state index in [2.05, 4.69) is 0 Å². The van der Waals surface area contributed by atoms with Gasteiger partial charge >= 0.3 is 0 Å². The first-order chi connectivity index (χ1) is 14.9. The second-order valence-corrected chi connectivity index (χ2v) is 8.08. The van der Waals surface area contributed by atoms with Gasteiger partial charge in [0, 0.05) is 38.5 Å². The number of likely N-dealkylation sites (tertiary alicyclic amines) is 1. The molecule has 0 aliphatic carbocycles. The van der Waals surface area contributed by atoms with Crippen LogP contribution in [0.1, 0.15) is 30.0 Å². The molecule has 2 aromatic rings. The van der Waals surface area contributed by atoms with E-state index in [9.17, 15) is 19.1 Å². The zero-order chi connectivity index (χ0) is 22.1. The average Bonchev–Trinajstić information content (AvgIpc) is 3.36. The first-order valence-electron chi connectivity index (χ1n) is 10.3. The summed E-state index contributed by atoms with van der Waals surface area (Å²) in [6, 6.07) is 12.0. The highest BCUT2D eigenvalue weighted by Gasteiger charge is 2.47. The third kappa shape index (κ3) is 4.05. The van der Waals surface area contributed by atoms with Gasteiger partial charge in [0.15, 0.2) is 0 Å². The molecule has 162 valence electrons. The van der Waals surface area contributed by atoms with Gasteiger partial charge in [-0.15, -0.1) is 0 Å². The number of ether oxygens (including phenoxy) is 1. The van der Waals surface area contributed by atoms with Crippen LogP contribution in [0.15, 0.2) is 54.1 Å². The van der Waals surface area contributed by atoms with Crippen molar-refractivity contribution in [2.24, 2.45) is 0 Å². The number of aliphatic hydroxyl groups is 1. The molecule has 2 aliphatic heterocycles. The van der Waals surface area contributed by atoms with Crippen molar-refractivity contribution in [3.8, 4) is 0 Å². The Balaban J connectivity index is 1.80. The molecule has 0 unspecified atom stereocenters. The Hall–Kier alpha value is -3.19. The lowest BCUT2D eigenvalue weighted by Crippen LogP contribution is -2.36. The molecule has 0 aromatic heterocycles. The van der Waals surface area contributed by atoms with Crippen molar-refractivity contribution in [2.75, 3.05) is 32.1 Å². The molecule has 0 saturated carbocycles. The first-order valence-corrected chi connectivity index (χ1v) is 10.3. The van der Waals surface area contributed by atoms with E-state index in [1.165, 1.54) is 29.2 Å². The van der Waals surface area contributed by atoms with Crippen LogP contribution >= 0.6 is 0 Å². The molecule has 0 radical (unpaired) electrons. The zero-order valence-electron chi connectivity index (χ0n) is 17.5. The van der Waals surface area contributed by atoms with E-state index < -0.39 is 23.5 Å². The quantitative estimate of drug-likeness (QED) is 0.452. The number of hydrogen-bond donors (Lipinski definition) is 1. The maximum atomic E-state index is 13.4. The van der Waals surface area contributed by atoms with Gasteiger partial charge in [-0.2, -0.15) is 0 Å². The minimum absolute atomic E-state index is 0.00667. The number of halogens is 1. The van der Waals surface area contributed by atoms with Gasteiger partial charge in [-0.3, -0.25) is 9.59 Å². The van der Waals surface area contributed by atoms with E-state index in [0.29, 0.717) is 12.2 Å². The minimum atomic E-state index is -0.749. The number of carbonyl (C=O) groups is 2. The van der Waals surface area contributed by atoms with Gasteiger partial charge in [0.1, 0.15) is 11.6 Å². The largest absolute Gasteiger partial charge is 0.507 e. The molecule has 2 aromatic carbocycles. The topological polar surface area (TPSA) is 70.1 Å². The van der Waals surface area contributed by atoms with Gasteiger partial charge < -0.3 is 19.6 Å². The highest BCUT2D eigenvalue weighted by Crippen LogP contribution is 2.40. The third-order valence-corrected chi connectivity index (χ3v) is 5.81. The van der Waals surface area contributed by atoms with Crippen LogP contribution in [-0.2, 0) is 14.3 Å². The van der Waals surface area contributed by atoms with Crippen LogP contribution in [0, 0.1) is 5.82 Å². The molecular formula is C24H25FN2O4. The lowest BCUT2D eigenvalue weighted by atomic mass is 9.95. The lowest BCUT2D eigenvalue weighted by molar-refractivity contribution is -0.140. The summed E-state index contributed by atoms with van der Waals surface area (Å²) in [5.74, 6) is -2.18. The van der Waals surface area contributed by atoms with Crippen LogP contribution in [0.3, 0.4) is 0 Å². The number of nitrogens with zero attached hydrogens (tertiary/aromatic N) is 2. The number of anilines is 1. The van der Waals surface area contributed by atoms with Crippen LogP contribution in [0.4, 0.5) is 10.1 Å². The second-order valence-electron chi connectivity index (χ2n) is 8.08. The molecule has 4 rings (SSSR count). The SMILES string of the molecule is CN(C)c1ccc([C@@H]2C(=C(O)c3ccc(F)cc3)C(=O)C(=O)N2C[C@H]2CCCO2)cc1. The van der Waals surface area contributed by atoms with Crippen molar-refractivity contribution in [1.29, 1.82) is 0 Å². The Morgan fingerprint density at radius 2 is 1.81 bits per heavy atom. The van der Waals surface area contributed by atoms with E-state index in [4.69, 9.17) is 4.74 Å². The van der Waals surface area contributed by atoms with Crippen molar-refractivity contribution in [3.05, 3.63) is 71.0 Å². The average molecular weight is 424 g/mol. The van der Waals surface area contributed by atoms with Crippen molar-refractivity contribution in [1.82, 2.24) is 4.90 Å². The van der Waals surface area contributed by atoms with Gasteiger partial charge in [-0.25, -0.2) is 4.39 Å². The standard InChI is InChI=1S/C24H25FN2O4/c1-26(2)18-11-7-15(8-12-18)21-20(22(28)16-5-9-17(25)10-6-16)23(29)24(30)27(21)14-19-4-3-13-31-19/h5-12,19,21,28H,3-4,13-14H2,1-2H3/t19-,21-/m1/s1. The highest BCUT2D eigenvalue weighted by molar-refractivity contribution is 6.46. The number of carbonyl (C=O) groups excluding carboxylic acids is 2. The number of ketones is 1. The maximum absolute atomic E-state index is 13.4. The normalized spacial score (nSPS) is 22.9. The molecule has 6 nitrogen and oxygen atoms in total. The predicted octanol–water partition coefficient (Wildman–Crippen LogP) is 3.49. The third-order valence-electron chi connectivity index (χ3n) is 5.81. The van der Waals surface area contributed by atoms with Crippen LogP contribution in [0.5, 0.6) is 0 Å². The fourth-order valence-electron chi connectivity index (χ4n) is 4.14. The summed E-state index contributed by atoms with van der Waals surface area (Å²) in [7, 11) is 3.85. The van der Waals surface area contributed by atoms with E-state index in [0.717, 1.165) is 18.5 Å². The maximum Gasteiger partial charge on any atom is 0.295 e. The number of Topliss-reactive ketones (excluding diaryl/α,β-unsaturated/α-hetero) is 1. The van der Waals surface area contributed by atoms with E-state index >= 15 is 0 Å². The Labute approximate surface area is 180 Å². The van der Waals surface area contributed by atoms with Gasteiger partial charge in [0.2, 0.25) is 0 Å². The Kier molecular flexibility index (Phi) is 5.78. The predicted molar refractivity (Wildman–Crippen MR) is 115 cm³/mol. The Morgan fingerprint density at radius 3 is 2.39 bits per heavy atom. The molecule has 0 bridgehead atoms. The van der Waals surface area contributed by atoms with Crippen molar-refractivity contribution < 1.29 is 23.8 Å². The monoisotopic (exact) mass is 424 g/mol. The Bertz CT molecular complexity index is 1010. The van der Waals surface area contributed by atoms with Crippen LogP contribution in [0.25, 0.3) is 5.76 Å². The molecular weight excluding hydrogens is 399 g/mol. The van der Waals surface area contributed by atoms with Gasteiger partial charge in [0.25, 0.3) is 11.7 Å². The summed E-state index contributed by atoms with van der Waals surface area (Å²) in [6.07, 6.45) is 1.58. The fourth-order valence-corrected chi connectivity index (χ4v) is 4.14. The molecule has 2 fully saturated rings. The number of rotatable bonds is 5. The number of benzene rings is 2. The van der Waals surface area contributed by atoms with Gasteiger partial charge in [-0.1, -0.05) is 12.1 Å². The summed E-state index contributed by atoms with van der Waals surface area (Å²) in [5, 5.41) is 11.0. The number of amides is 1. The molecule has 2 saturated heterocycles. The van der Waals surface area contributed by atoms with Crippen LogP contribution in [-0.4, -0.2) is 55.0 Å². The highest BCUT2D eigenvalue weighted by atomic mass is 19.1. The summed E-state index contributed by atoms with van der Waals surface area (Å²) < 4.78 is 19.0. The van der Waals surface area contributed by atoms with Crippen LogP contribution in [0.2, 0.25) is 0 Å². The smallest absolute Gasteiger partial charge is 0.295 e. The fraction of sp³-hybridized carbons (Fsp3) is 0.333. The molecule has 2 heterocycles. The van der Waals surface area contributed by atoms with Gasteiger partial charge in [0.05, 0.1) is 17.7 Å². The van der Waals surface area contributed by atoms with E-state index in [1.54, 1.807) is 0 Å². The molecule has 1 N–H and O–H groups in total. The minimum Gasteiger partial charge on any atom is -0.507 e. The zero-order valence-corrected chi connectivity index (χ0v) is 17.5. The summed E-state index contributed by atoms with van der Waals surface area (Å²) in [6.45, 7) is 0.900. The summed E-state index contributed by atoms with van der Waals surface area (Å²) in [5.41, 5.74) is 1.98. The molecule has 1 amide bonds. The first kappa shape index (κ1) is 21.1. The second kappa shape index (κ2) is 8.51. The van der Waals surface area contributed by atoms with E-state index in [-0.39, 0.29) is 29.5 Å². The number of aliphatic hydroxyl groups excluding tert-OH is 1. The molecule has 0 spiro atoms. The van der Waals surface area contributed by atoms with E-state index in [1.807, 2.05) is 43.3 Å². The summed E-state index contributed by atoms with van der Waals surface area (Å²) >= 11 is 0. The van der Waals surface area contributed by atoms with Gasteiger partial charge in [-0.05, 0) is 54.8 Å². The molecule has 31 heavy (non-hydrogen) atoms. The molecule has 2 atom stereocenters. The lowest BCUT2D eigenvalue weighted by Gasteiger charge is -2.28. The van der Waals surface area contributed by atoms with Crippen molar-refractivity contribution in [2.45, 2.75) is 25.0 Å². The molecule has 7 heteroatoms. The summed E-state index contributed by atoms with van der Waals surface area (Å²) in [4.78, 5) is 29.4. The van der Waals surface area contributed by atoms with Crippen molar-refractivity contribution in [3.63, 3.8) is 0 Å². The Morgan fingerprint density at radius 1 is 1.13 bits per heavy atom. The number of hydrogen-bond acceptors (Lipinski definition) is 5. The van der Waals surface area contributed by atoms with Crippen molar-refractivity contribution >= 4 is 23.1 Å². The van der Waals surface area contributed by atoms with Crippen LogP contribution < -0.4 is 4.90 Å².